The molecule has 6 nitrogen and oxygen atoms in total. The number of nitrogens with two attached hydrogens (primary N) is 1. The summed E-state index contributed by atoms with van der Waals surface area (Å²) in [6.45, 7) is 7.07. The molecule has 1 amide bonds. The van der Waals surface area contributed by atoms with Gasteiger partial charge in [-0.15, -0.1) is 0 Å². The van der Waals surface area contributed by atoms with E-state index in [0.29, 0.717) is 19.6 Å². The van der Waals surface area contributed by atoms with Gasteiger partial charge in [-0.3, -0.25) is 4.79 Å². The van der Waals surface area contributed by atoms with Crippen LogP contribution in [-0.4, -0.2) is 56.8 Å². The van der Waals surface area contributed by atoms with Gasteiger partial charge in [0.2, 0.25) is 5.91 Å². The Morgan fingerprint density at radius 3 is 2.65 bits per heavy atom. The number of likely N-dealkylation sites (N-methyl/N-ethyl adjacent to an activating group) is 1. The smallest absolute Gasteiger partial charge is 0.240 e. The van der Waals surface area contributed by atoms with Crippen molar-refractivity contribution in [2.45, 2.75) is 44.9 Å². The third kappa shape index (κ3) is 3.72. The molecule has 3 unspecified atom stereocenters. The van der Waals surface area contributed by atoms with Crippen LogP contribution >= 0.6 is 0 Å². The summed E-state index contributed by atoms with van der Waals surface area (Å²) in [4.78, 5) is 14.9. The standard InChI is InChI=1S/C20H33N3O3/c1-7-26-17-12-20(21,19(17,2)3)18(24)22-13-16(23(4)5)14-9-8-10-15(11-14)25-6/h8-11,16-17H,7,12-13,21H2,1-6H3,(H,22,24). The zero-order valence-electron chi connectivity index (χ0n) is 16.8. The molecule has 6 heteroatoms. The molecule has 0 radical (unpaired) electrons. The van der Waals surface area contributed by atoms with Crippen LogP contribution < -0.4 is 15.8 Å². The molecule has 26 heavy (non-hydrogen) atoms. The van der Waals surface area contributed by atoms with Gasteiger partial charge in [-0.05, 0) is 38.7 Å². The first-order valence-electron chi connectivity index (χ1n) is 9.16. The predicted molar refractivity (Wildman–Crippen MR) is 103 cm³/mol. The van der Waals surface area contributed by atoms with Gasteiger partial charge in [-0.2, -0.15) is 0 Å². The third-order valence-electron chi connectivity index (χ3n) is 5.79. The fraction of sp³-hybridized carbons (Fsp3) is 0.650. The Morgan fingerprint density at radius 1 is 1.42 bits per heavy atom. The van der Waals surface area contributed by atoms with Crippen molar-refractivity contribution >= 4 is 5.91 Å². The second-order valence-electron chi connectivity index (χ2n) is 7.81. The van der Waals surface area contributed by atoms with Crippen LogP contribution in [0.5, 0.6) is 5.75 Å². The zero-order valence-corrected chi connectivity index (χ0v) is 16.8. The van der Waals surface area contributed by atoms with E-state index in [4.69, 9.17) is 15.2 Å². The maximum atomic E-state index is 12.9. The minimum absolute atomic E-state index is 0.0197. The maximum Gasteiger partial charge on any atom is 0.240 e. The van der Waals surface area contributed by atoms with Gasteiger partial charge in [0.1, 0.15) is 11.3 Å². The Bertz CT molecular complexity index is 632. The fourth-order valence-corrected chi connectivity index (χ4v) is 3.62. The van der Waals surface area contributed by atoms with Crippen molar-refractivity contribution in [2.24, 2.45) is 11.1 Å². The second-order valence-corrected chi connectivity index (χ2v) is 7.81. The third-order valence-corrected chi connectivity index (χ3v) is 5.79. The summed E-state index contributed by atoms with van der Waals surface area (Å²) in [6.07, 6.45) is 0.567. The molecule has 146 valence electrons. The van der Waals surface area contributed by atoms with E-state index in [0.717, 1.165) is 11.3 Å². The van der Waals surface area contributed by atoms with Crippen molar-refractivity contribution in [2.75, 3.05) is 34.4 Å². The topological polar surface area (TPSA) is 76.8 Å². The van der Waals surface area contributed by atoms with Crippen LogP contribution in [0.3, 0.4) is 0 Å². The summed E-state index contributed by atoms with van der Waals surface area (Å²) in [5, 5.41) is 3.06. The van der Waals surface area contributed by atoms with E-state index in [-0.39, 0.29) is 18.1 Å². The van der Waals surface area contributed by atoms with Crippen LogP contribution in [0.4, 0.5) is 0 Å². The molecule has 0 spiro atoms. The van der Waals surface area contributed by atoms with E-state index in [2.05, 4.69) is 10.2 Å². The summed E-state index contributed by atoms with van der Waals surface area (Å²) >= 11 is 0. The van der Waals surface area contributed by atoms with E-state index in [1.807, 2.05) is 59.1 Å². The Balaban J connectivity index is 2.06. The minimum Gasteiger partial charge on any atom is -0.497 e. The first-order valence-corrected chi connectivity index (χ1v) is 9.16. The monoisotopic (exact) mass is 363 g/mol. The lowest BCUT2D eigenvalue weighted by Crippen LogP contribution is -2.76. The number of hydrogen-bond donors (Lipinski definition) is 2. The molecule has 0 heterocycles. The van der Waals surface area contributed by atoms with Crippen molar-refractivity contribution in [1.82, 2.24) is 10.2 Å². The van der Waals surface area contributed by atoms with E-state index < -0.39 is 11.0 Å². The molecule has 3 N–H and O–H groups in total. The molecule has 0 saturated heterocycles. The van der Waals surface area contributed by atoms with Gasteiger partial charge in [0.15, 0.2) is 0 Å². The van der Waals surface area contributed by atoms with E-state index >= 15 is 0 Å². The molecule has 0 aliphatic heterocycles. The Kier molecular flexibility index (Phi) is 6.32. The molecule has 2 rings (SSSR count). The summed E-state index contributed by atoms with van der Waals surface area (Å²) < 4.78 is 11.0. The van der Waals surface area contributed by atoms with Crippen molar-refractivity contribution in [1.29, 1.82) is 0 Å². The van der Waals surface area contributed by atoms with E-state index in [9.17, 15) is 4.79 Å². The van der Waals surface area contributed by atoms with Crippen LogP contribution in [0.15, 0.2) is 24.3 Å². The van der Waals surface area contributed by atoms with Crippen molar-refractivity contribution in [3.63, 3.8) is 0 Å². The van der Waals surface area contributed by atoms with Gasteiger partial charge in [0, 0.05) is 25.0 Å². The molecular weight excluding hydrogens is 330 g/mol. The molecule has 1 fully saturated rings. The number of benzene rings is 1. The van der Waals surface area contributed by atoms with Crippen LogP contribution in [-0.2, 0) is 9.53 Å². The number of methoxy groups -OCH3 is 1. The lowest BCUT2D eigenvalue weighted by atomic mass is 9.54. The van der Waals surface area contributed by atoms with Gasteiger partial charge in [-0.1, -0.05) is 26.0 Å². The molecule has 1 saturated carbocycles. The Hall–Kier alpha value is -1.63. The second kappa shape index (κ2) is 7.94. The average Bonchev–Trinajstić information content (AvgIpc) is 2.61. The molecule has 1 aromatic carbocycles. The highest BCUT2D eigenvalue weighted by atomic mass is 16.5. The normalized spacial score (nSPS) is 25.5. The maximum absolute atomic E-state index is 12.9. The van der Waals surface area contributed by atoms with Crippen LogP contribution in [0.1, 0.15) is 38.8 Å². The number of ether oxygens (including phenoxy) is 2. The highest BCUT2D eigenvalue weighted by Gasteiger charge is 2.62. The SMILES string of the molecule is CCOC1CC(N)(C(=O)NCC(c2cccc(OC)c2)N(C)C)C1(C)C. The molecule has 3 atom stereocenters. The number of hydrogen-bond acceptors (Lipinski definition) is 5. The first kappa shape index (κ1) is 20.7. The molecule has 1 aliphatic rings. The van der Waals surface area contributed by atoms with Gasteiger partial charge < -0.3 is 25.4 Å². The van der Waals surface area contributed by atoms with Gasteiger partial charge in [0.25, 0.3) is 0 Å². The van der Waals surface area contributed by atoms with Gasteiger partial charge in [-0.25, -0.2) is 0 Å². The number of carbonyl (C=O) groups excluding carboxylic acids is 1. The largest absolute Gasteiger partial charge is 0.497 e. The van der Waals surface area contributed by atoms with Crippen LogP contribution in [0, 0.1) is 5.41 Å². The van der Waals surface area contributed by atoms with Gasteiger partial charge >= 0.3 is 0 Å². The number of rotatable bonds is 8. The summed E-state index contributed by atoms with van der Waals surface area (Å²) in [6, 6.07) is 7.93. The first-order chi connectivity index (χ1) is 12.2. The number of amides is 1. The number of nitrogens with zero attached hydrogens (tertiary/aromatic N) is 1. The minimum atomic E-state index is -0.905. The molecular formula is C20H33N3O3. The fourth-order valence-electron chi connectivity index (χ4n) is 3.62. The van der Waals surface area contributed by atoms with E-state index in [1.165, 1.54) is 0 Å². The van der Waals surface area contributed by atoms with Crippen molar-refractivity contribution in [3.05, 3.63) is 29.8 Å². The quantitative estimate of drug-likeness (QED) is 0.738. The van der Waals surface area contributed by atoms with Crippen molar-refractivity contribution < 1.29 is 14.3 Å². The highest BCUT2D eigenvalue weighted by Crippen LogP contribution is 2.49. The predicted octanol–water partition coefficient (Wildman–Crippen LogP) is 1.95. The average molecular weight is 364 g/mol. The Labute approximate surface area is 157 Å². The lowest BCUT2D eigenvalue weighted by Gasteiger charge is -2.57. The van der Waals surface area contributed by atoms with Crippen LogP contribution in [0.25, 0.3) is 0 Å². The summed E-state index contributed by atoms with van der Waals surface area (Å²) in [5.41, 5.74) is 6.25. The zero-order chi connectivity index (χ0) is 19.5. The molecule has 0 aromatic heterocycles. The molecule has 1 aromatic rings. The van der Waals surface area contributed by atoms with Crippen LogP contribution in [0.2, 0.25) is 0 Å². The summed E-state index contributed by atoms with van der Waals surface area (Å²) in [5.74, 6) is 0.684. The Morgan fingerprint density at radius 2 is 2.12 bits per heavy atom. The molecule has 1 aliphatic carbocycles. The summed E-state index contributed by atoms with van der Waals surface area (Å²) in [7, 11) is 5.64. The number of nitrogens with one attached hydrogen (secondary N) is 1. The lowest BCUT2D eigenvalue weighted by molar-refractivity contribution is -0.170. The molecule has 0 bridgehead atoms. The van der Waals surface area contributed by atoms with Crippen molar-refractivity contribution in [3.8, 4) is 5.75 Å². The highest BCUT2D eigenvalue weighted by molar-refractivity contribution is 5.88. The van der Waals surface area contributed by atoms with E-state index in [1.54, 1.807) is 7.11 Å². The van der Waals surface area contributed by atoms with Gasteiger partial charge in [0.05, 0.1) is 19.3 Å². The number of carbonyl (C=O) groups is 1.